The molecule has 3 aromatic rings. The Morgan fingerprint density at radius 2 is 1.89 bits per heavy atom. The van der Waals surface area contributed by atoms with Crippen LogP contribution < -0.4 is 14.2 Å². The van der Waals surface area contributed by atoms with Crippen molar-refractivity contribution < 1.29 is 27.5 Å². The van der Waals surface area contributed by atoms with Crippen LogP contribution in [0.2, 0.25) is 10.0 Å². The van der Waals surface area contributed by atoms with Gasteiger partial charge in [-0.1, -0.05) is 28.4 Å². The number of rotatable bonds is 7. The van der Waals surface area contributed by atoms with E-state index in [4.69, 9.17) is 37.2 Å². The SMILES string of the molecule is COc1cc(-c2noc(COc3cc(Cl)ccc3Cl)n2)ccc1OC(F)F. The van der Waals surface area contributed by atoms with Gasteiger partial charge in [-0.15, -0.1) is 0 Å². The van der Waals surface area contributed by atoms with E-state index in [1.54, 1.807) is 18.2 Å². The van der Waals surface area contributed by atoms with E-state index in [0.29, 0.717) is 21.4 Å². The van der Waals surface area contributed by atoms with Crippen molar-refractivity contribution in [1.29, 1.82) is 0 Å². The van der Waals surface area contributed by atoms with E-state index >= 15 is 0 Å². The minimum absolute atomic E-state index is 0.0310. The average molecular weight is 417 g/mol. The Hall–Kier alpha value is -2.58. The van der Waals surface area contributed by atoms with Crippen molar-refractivity contribution in [2.45, 2.75) is 13.2 Å². The molecular formula is C17H12Cl2F2N2O4. The zero-order chi connectivity index (χ0) is 19.4. The molecule has 0 aliphatic rings. The van der Waals surface area contributed by atoms with Gasteiger partial charge < -0.3 is 18.7 Å². The molecule has 0 amide bonds. The highest BCUT2D eigenvalue weighted by molar-refractivity contribution is 6.34. The Morgan fingerprint density at radius 3 is 2.63 bits per heavy atom. The van der Waals surface area contributed by atoms with Crippen molar-refractivity contribution in [3.05, 3.63) is 52.3 Å². The van der Waals surface area contributed by atoms with Crippen LogP contribution in [0.3, 0.4) is 0 Å². The van der Waals surface area contributed by atoms with Gasteiger partial charge in [0.1, 0.15) is 5.75 Å². The number of benzene rings is 2. The molecule has 0 unspecified atom stereocenters. The number of halogens is 4. The normalized spacial score (nSPS) is 10.9. The largest absolute Gasteiger partial charge is 0.493 e. The fraction of sp³-hybridized carbons (Fsp3) is 0.176. The zero-order valence-electron chi connectivity index (χ0n) is 13.8. The topological polar surface area (TPSA) is 66.6 Å². The summed E-state index contributed by atoms with van der Waals surface area (Å²) in [5.41, 5.74) is 0.490. The van der Waals surface area contributed by atoms with Crippen LogP contribution in [0.1, 0.15) is 5.89 Å². The molecule has 142 valence electrons. The quantitative estimate of drug-likeness (QED) is 0.525. The lowest BCUT2D eigenvalue weighted by molar-refractivity contribution is -0.0512. The molecule has 0 saturated heterocycles. The highest BCUT2D eigenvalue weighted by Crippen LogP contribution is 2.33. The second kappa shape index (κ2) is 8.41. The second-order valence-corrected chi connectivity index (χ2v) is 5.96. The van der Waals surface area contributed by atoms with Crippen molar-refractivity contribution in [3.63, 3.8) is 0 Å². The summed E-state index contributed by atoms with van der Waals surface area (Å²) in [5, 5.41) is 4.69. The van der Waals surface area contributed by atoms with E-state index in [2.05, 4.69) is 14.9 Å². The predicted octanol–water partition coefficient (Wildman–Crippen LogP) is 5.23. The summed E-state index contributed by atoms with van der Waals surface area (Å²) in [5.74, 6) is 0.805. The minimum Gasteiger partial charge on any atom is -0.493 e. The summed E-state index contributed by atoms with van der Waals surface area (Å²) in [6.45, 7) is -2.99. The van der Waals surface area contributed by atoms with Crippen LogP contribution in [0.25, 0.3) is 11.4 Å². The van der Waals surface area contributed by atoms with Crippen LogP contribution in [0.15, 0.2) is 40.9 Å². The summed E-state index contributed by atoms with van der Waals surface area (Å²) >= 11 is 11.9. The molecule has 0 atom stereocenters. The van der Waals surface area contributed by atoms with Gasteiger partial charge >= 0.3 is 6.61 Å². The van der Waals surface area contributed by atoms with Crippen molar-refractivity contribution >= 4 is 23.2 Å². The molecule has 0 fully saturated rings. The second-order valence-electron chi connectivity index (χ2n) is 5.12. The number of ether oxygens (including phenoxy) is 3. The van der Waals surface area contributed by atoms with E-state index in [0.717, 1.165) is 0 Å². The Bertz CT molecular complexity index is 937. The molecule has 0 spiro atoms. The van der Waals surface area contributed by atoms with Gasteiger partial charge in [0, 0.05) is 16.7 Å². The van der Waals surface area contributed by atoms with Crippen LogP contribution in [0.4, 0.5) is 8.78 Å². The van der Waals surface area contributed by atoms with Gasteiger partial charge in [0.25, 0.3) is 5.89 Å². The number of alkyl halides is 2. The highest BCUT2D eigenvalue weighted by Gasteiger charge is 2.15. The lowest BCUT2D eigenvalue weighted by Crippen LogP contribution is -2.03. The van der Waals surface area contributed by atoms with Crippen molar-refractivity contribution in [3.8, 4) is 28.6 Å². The Kier molecular flexibility index (Phi) is 5.98. The molecule has 6 nitrogen and oxygen atoms in total. The van der Waals surface area contributed by atoms with Crippen LogP contribution in [-0.2, 0) is 6.61 Å². The highest BCUT2D eigenvalue weighted by atomic mass is 35.5. The molecule has 0 aliphatic heterocycles. The first-order chi connectivity index (χ1) is 13.0. The third-order valence-corrected chi connectivity index (χ3v) is 3.90. The van der Waals surface area contributed by atoms with Crippen molar-refractivity contribution in [2.75, 3.05) is 7.11 Å². The number of methoxy groups -OCH3 is 1. The monoisotopic (exact) mass is 416 g/mol. The summed E-state index contributed by atoms with van der Waals surface area (Å²) in [4.78, 5) is 4.19. The molecule has 1 aromatic heterocycles. The summed E-state index contributed by atoms with van der Waals surface area (Å²) in [7, 11) is 1.33. The first-order valence-electron chi connectivity index (χ1n) is 7.50. The summed E-state index contributed by atoms with van der Waals surface area (Å²) in [6.07, 6.45) is 0. The molecule has 0 bridgehead atoms. The number of aromatic nitrogens is 2. The molecule has 0 aliphatic carbocycles. The van der Waals surface area contributed by atoms with Gasteiger partial charge in [0.05, 0.1) is 12.1 Å². The third-order valence-electron chi connectivity index (χ3n) is 3.35. The van der Waals surface area contributed by atoms with E-state index in [1.165, 1.54) is 25.3 Å². The maximum atomic E-state index is 12.4. The fourth-order valence-electron chi connectivity index (χ4n) is 2.16. The molecule has 0 N–H and O–H groups in total. The smallest absolute Gasteiger partial charge is 0.387 e. The molecule has 10 heteroatoms. The molecule has 3 rings (SSSR count). The lowest BCUT2D eigenvalue weighted by Gasteiger charge is -2.10. The van der Waals surface area contributed by atoms with Gasteiger partial charge in [-0.3, -0.25) is 0 Å². The maximum Gasteiger partial charge on any atom is 0.387 e. The van der Waals surface area contributed by atoms with Gasteiger partial charge in [0.2, 0.25) is 5.82 Å². The zero-order valence-corrected chi connectivity index (χ0v) is 15.3. The van der Waals surface area contributed by atoms with Crippen molar-refractivity contribution in [2.24, 2.45) is 0 Å². The molecule has 1 heterocycles. The average Bonchev–Trinajstić information content (AvgIpc) is 3.11. The standard InChI is InChI=1S/C17H12Cl2F2N2O4/c1-24-14-6-9(2-5-12(14)26-17(20)21)16-22-15(27-23-16)8-25-13-7-10(18)3-4-11(13)19/h2-7,17H,8H2,1H3. The first-order valence-corrected chi connectivity index (χ1v) is 8.25. The number of nitrogens with zero attached hydrogens (tertiary/aromatic N) is 2. The third kappa shape index (κ3) is 4.78. The van der Waals surface area contributed by atoms with Crippen LogP contribution in [-0.4, -0.2) is 23.9 Å². The summed E-state index contributed by atoms with van der Waals surface area (Å²) in [6, 6.07) is 9.10. The van der Waals surface area contributed by atoms with E-state index in [9.17, 15) is 8.78 Å². The van der Waals surface area contributed by atoms with Gasteiger partial charge in [0.15, 0.2) is 18.1 Å². The fourth-order valence-corrected chi connectivity index (χ4v) is 2.49. The molecule has 0 saturated carbocycles. The number of hydrogen-bond acceptors (Lipinski definition) is 6. The summed E-state index contributed by atoms with van der Waals surface area (Å²) < 4.78 is 44.9. The maximum absolute atomic E-state index is 12.4. The van der Waals surface area contributed by atoms with Gasteiger partial charge in [-0.2, -0.15) is 13.8 Å². The Morgan fingerprint density at radius 1 is 1.07 bits per heavy atom. The van der Waals surface area contributed by atoms with Crippen LogP contribution in [0.5, 0.6) is 17.2 Å². The van der Waals surface area contributed by atoms with E-state index in [-0.39, 0.29) is 29.8 Å². The number of hydrogen-bond donors (Lipinski definition) is 0. The molecule has 0 radical (unpaired) electrons. The molecular weight excluding hydrogens is 405 g/mol. The molecule has 27 heavy (non-hydrogen) atoms. The van der Waals surface area contributed by atoms with Gasteiger partial charge in [-0.05, 0) is 30.3 Å². The molecule has 2 aromatic carbocycles. The lowest BCUT2D eigenvalue weighted by atomic mass is 10.2. The Balaban J connectivity index is 1.74. The van der Waals surface area contributed by atoms with Crippen LogP contribution >= 0.6 is 23.2 Å². The predicted molar refractivity (Wildman–Crippen MR) is 93.7 cm³/mol. The van der Waals surface area contributed by atoms with Gasteiger partial charge in [-0.25, -0.2) is 0 Å². The van der Waals surface area contributed by atoms with E-state index in [1.807, 2.05) is 0 Å². The van der Waals surface area contributed by atoms with E-state index < -0.39 is 6.61 Å². The van der Waals surface area contributed by atoms with Crippen LogP contribution in [0, 0.1) is 0 Å². The first kappa shape index (κ1) is 19.2. The van der Waals surface area contributed by atoms with Crippen molar-refractivity contribution in [1.82, 2.24) is 10.1 Å². The minimum atomic E-state index is -2.96. The Labute approximate surface area is 162 Å².